The summed E-state index contributed by atoms with van der Waals surface area (Å²) < 4.78 is 10.1. The molecule has 0 aliphatic heterocycles. The van der Waals surface area contributed by atoms with Crippen LogP contribution in [0.4, 0.5) is 0 Å². The van der Waals surface area contributed by atoms with Crippen molar-refractivity contribution in [3.63, 3.8) is 0 Å². The number of furan rings is 1. The Labute approximate surface area is 157 Å². The Hall–Kier alpha value is -3.60. The van der Waals surface area contributed by atoms with Gasteiger partial charge in [0.1, 0.15) is 5.76 Å². The fraction of sp³-hybridized carbons (Fsp3) is 0.0909. The van der Waals surface area contributed by atoms with Crippen molar-refractivity contribution in [3.05, 3.63) is 102 Å². The molecule has 0 unspecified atom stereocenters. The molecule has 0 saturated carbocycles. The van der Waals surface area contributed by atoms with E-state index >= 15 is 0 Å². The zero-order valence-corrected chi connectivity index (χ0v) is 14.6. The topological polar surface area (TPSA) is 68.5 Å². The summed E-state index contributed by atoms with van der Waals surface area (Å²) in [6.07, 6.45) is 4.21. The van der Waals surface area contributed by atoms with Crippen molar-refractivity contribution in [2.45, 2.75) is 6.04 Å². The van der Waals surface area contributed by atoms with E-state index in [1.54, 1.807) is 12.1 Å². The average Bonchev–Trinajstić information content (AvgIpc) is 3.24. The molecule has 0 fully saturated rings. The maximum atomic E-state index is 12.3. The van der Waals surface area contributed by atoms with Crippen molar-refractivity contribution >= 4 is 18.0 Å². The number of ether oxygens (including phenoxy) is 1. The zero-order valence-electron chi connectivity index (χ0n) is 14.6. The average molecular weight is 361 g/mol. The van der Waals surface area contributed by atoms with E-state index in [-0.39, 0.29) is 18.6 Å². The minimum atomic E-state index is -0.613. The normalized spacial score (nSPS) is 10.9. The smallest absolute Gasteiger partial charge is 0.331 e. The van der Waals surface area contributed by atoms with Crippen LogP contribution in [0.15, 0.2) is 89.6 Å². The lowest BCUT2D eigenvalue weighted by Gasteiger charge is -2.19. The number of carbonyl (C=O) groups is 2. The second kappa shape index (κ2) is 9.20. The van der Waals surface area contributed by atoms with Crippen molar-refractivity contribution in [1.29, 1.82) is 0 Å². The molecule has 1 heterocycles. The van der Waals surface area contributed by atoms with Gasteiger partial charge in [0.05, 0.1) is 12.3 Å². The molecule has 0 radical (unpaired) electrons. The van der Waals surface area contributed by atoms with E-state index in [9.17, 15) is 9.59 Å². The highest BCUT2D eigenvalue weighted by molar-refractivity contribution is 5.89. The molecule has 0 atom stereocenters. The first-order valence-electron chi connectivity index (χ1n) is 8.50. The third-order valence-electron chi connectivity index (χ3n) is 3.84. The van der Waals surface area contributed by atoms with Crippen LogP contribution in [0.1, 0.15) is 22.9 Å². The summed E-state index contributed by atoms with van der Waals surface area (Å²) in [4.78, 5) is 24.0. The molecule has 0 aliphatic carbocycles. The zero-order chi connectivity index (χ0) is 18.9. The molecule has 3 aromatic rings. The Morgan fingerprint density at radius 2 is 1.56 bits per heavy atom. The van der Waals surface area contributed by atoms with Gasteiger partial charge in [-0.1, -0.05) is 60.7 Å². The second-order valence-electron chi connectivity index (χ2n) is 5.78. The fourth-order valence-corrected chi connectivity index (χ4v) is 2.57. The quantitative estimate of drug-likeness (QED) is 0.514. The van der Waals surface area contributed by atoms with Crippen molar-refractivity contribution in [2.75, 3.05) is 6.61 Å². The van der Waals surface area contributed by atoms with E-state index in [0.29, 0.717) is 5.76 Å². The predicted molar refractivity (Wildman–Crippen MR) is 102 cm³/mol. The molecule has 1 amide bonds. The Bertz CT molecular complexity index is 847. The predicted octanol–water partition coefficient (Wildman–Crippen LogP) is 3.74. The summed E-state index contributed by atoms with van der Waals surface area (Å²) in [5.41, 5.74) is 1.89. The Morgan fingerprint density at radius 3 is 2.11 bits per heavy atom. The standard InChI is InChI=1S/C22H19NO4/c24-20(16-27-21(25)14-13-19-12-7-15-26-19)23-22(17-8-3-1-4-9-17)18-10-5-2-6-11-18/h1-15,22H,16H2,(H,23,24)/b14-13+. The maximum Gasteiger partial charge on any atom is 0.331 e. The monoisotopic (exact) mass is 361 g/mol. The van der Waals surface area contributed by atoms with Crippen LogP contribution in [-0.4, -0.2) is 18.5 Å². The van der Waals surface area contributed by atoms with Crippen LogP contribution in [0.3, 0.4) is 0 Å². The van der Waals surface area contributed by atoms with Crippen LogP contribution < -0.4 is 5.32 Å². The first-order valence-corrected chi connectivity index (χ1v) is 8.50. The highest BCUT2D eigenvalue weighted by atomic mass is 16.5. The van der Waals surface area contributed by atoms with E-state index in [4.69, 9.17) is 9.15 Å². The second-order valence-corrected chi connectivity index (χ2v) is 5.78. The van der Waals surface area contributed by atoms with Crippen LogP contribution in [-0.2, 0) is 14.3 Å². The summed E-state index contributed by atoms with van der Waals surface area (Å²) in [5, 5.41) is 2.92. The highest BCUT2D eigenvalue weighted by Gasteiger charge is 2.17. The number of hydrogen-bond donors (Lipinski definition) is 1. The fourth-order valence-electron chi connectivity index (χ4n) is 2.57. The Kier molecular flexibility index (Phi) is 6.20. The molecule has 0 spiro atoms. The van der Waals surface area contributed by atoms with Gasteiger partial charge in [0, 0.05) is 6.08 Å². The molecular weight excluding hydrogens is 342 g/mol. The van der Waals surface area contributed by atoms with E-state index in [1.165, 1.54) is 18.4 Å². The molecule has 5 heteroatoms. The number of benzene rings is 2. The number of esters is 1. The molecule has 136 valence electrons. The van der Waals surface area contributed by atoms with Gasteiger partial charge in [0.25, 0.3) is 5.91 Å². The van der Waals surface area contributed by atoms with Gasteiger partial charge in [-0.05, 0) is 29.3 Å². The SMILES string of the molecule is O=C(COC(=O)/C=C/c1ccco1)NC(c1ccccc1)c1ccccc1. The first kappa shape index (κ1) is 18.2. The Morgan fingerprint density at radius 1 is 0.926 bits per heavy atom. The first-order chi connectivity index (χ1) is 13.2. The summed E-state index contributed by atoms with van der Waals surface area (Å²) in [6, 6.07) is 22.4. The molecule has 27 heavy (non-hydrogen) atoms. The summed E-state index contributed by atoms with van der Waals surface area (Å²) >= 11 is 0. The lowest BCUT2D eigenvalue weighted by Crippen LogP contribution is -2.32. The molecule has 0 bridgehead atoms. The summed E-state index contributed by atoms with van der Waals surface area (Å²) in [6.45, 7) is -0.364. The van der Waals surface area contributed by atoms with E-state index in [0.717, 1.165) is 11.1 Å². The van der Waals surface area contributed by atoms with Gasteiger partial charge in [-0.3, -0.25) is 4.79 Å². The van der Waals surface area contributed by atoms with Crippen LogP contribution >= 0.6 is 0 Å². The summed E-state index contributed by atoms with van der Waals surface area (Å²) in [7, 11) is 0. The molecule has 1 N–H and O–H groups in total. The van der Waals surface area contributed by atoms with Gasteiger partial charge in [0.15, 0.2) is 6.61 Å². The number of hydrogen-bond acceptors (Lipinski definition) is 4. The summed E-state index contributed by atoms with van der Waals surface area (Å²) in [5.74, 6) is -0.463. The number of amides is 1. The van der Waals surface area contributed by atoms with Gasteiger partial charge in [0.2, 0.25) is 0 Å². The minimum absolute atomic E-state index is 0.322. The number of carbonyl (C=O) groups excluding carboxylic acids is 2. The number of rotatable bonds is 7. The largest absolute Gasteiger partial charge is 0.465 e. The van der Waals surface area contributed by atoms with E-state index in [1.807, 2.05) is 60.7 Å². The molecule has 0 saturated heterocycles. The van der Waals surface area contributed by atoms with Crippen molar-refractivity contribution < 1.29 is 18.7 Å². The van der Waals surface area contributed by atoms with Crippen molar-refractivity contribution in [1.82, 2.24) is 5.32 Å². The molecular formula is C22H19NO4. The van der Waals surface area contributed by atoms with Crippen LogP contribution in [0.25, 0.3) is 6.08 Å². The molecule has 1 aromatic heterocycles. The van der Waals surface area contributed by atoms with Crippen molar-refractivity contribution in [3.8, 4) is 0 Å². The molecule has 2 aromatic carbocycles. The lowest BCUT2D eigenvalue weighted by molar-refractivity contribution is -0.143. The van der Waals surface area contributed by atoms with Crippen LogP contribution in [0, 0.1) is 0 Å². The molecule has 3 rings (SSSR count). The Balaban J connectivity index is 1.60. The van der Waals surface area contributed by atoms with Crippen molar-refractivity contribution in [2.24, 2.45) is 0 Å². The van der Waals surface area contributed by atoms with Gasteiger partial charge in [-0.2, -0.15) is 0 Å². The third kappa shape index (κ3) is 5.44. The third-order valence-corrected chi connectivity index (χ3v) is 3.84. The number of nitrogens with one attached hydrogen (secondary N) is 1. The van der Waals surface area contributed by atoms with Gasteiger partial charge in [-0.15, -0.1) is 0 Å². The van der Waals surface area contributed by atoms with E-state index < -0.39 is 5.97 Å². The van der Waals surface area contributed by atoms with E-state index in [2.05, 4.69) is 5.32 Å². The molecule has 5 nitrogen and oxygen atoms in total. The van der Waals surface area contributed by atoms with Crippen LogP contribution in [0.5, 0.6) is 0 Å². The van der Waals surface area contributed by atoms with Gasteiger partial charge in [-0.25, -0.2) is 4.79 Å². The van der Waals surface area contributed by atoms with Crippen LogP contribution in [0.2, 0.25) is 0 Å². The minimum Gasteiger partial charge on any atom is -0.465 e. The highest BCUT2D eigenvalue weighted by Crippen LogP contribution is 2.21. The van der Waals surface area contributed by atoms with Gasteiger partial charge < -0.3 is 14.5 Å². The molecule has 0 aliphatic rings. The van der Waals surface area contributed by atoms with Gasteiger partial charge >= 0.3 is 5.97 Å². The lowest BCUT2D eigenvalue weighted by atomic mass is 9.99. The maximum absolute atomic E-state index is 12.3.